The summed E-state index contributed by atoms with van der Waals surface area (Å²) in [5.74, 6) is 0.495. The molecule has 0 amide bonds. The molecule has 4 aromatic rings. The Morgan fingerprint density at radius 2 is 1.86 bits per heavy atom. The summed E-state index contributed by atoms with van der Waals surface area (Å²) >= 11 is 0. The molecule has 0 bridgehead atoms. The van der Waals surface area contributed by atoms with Gasteiger partial charge in [-0.2, -0.15) is 9.97 Å². The van der Waals surface area contributed by atoms with E-state index in [0.29, 0.717) is 35.1 Å². The molecule has 0 aliphatic rings. The van der Waals surface area contributed by atoms with E-state index >= 15 is 0 Å². The summed E-state index contributed by atoms with van der Waals surface area (Å²) in [6.07, 6.45) is 0.886. The second kappa shape index (κ2) is 7.51. The highest BCUT2D eigenvalue weighted by atomic mass is 32.2. The van der Waals surface area contributed by atoms with E-state index in [4.69, 9.17) is 0 Å². The van der Waals surface area contributed by atoms with Gasteiger partial charge in [0.15, 0.2) is 11.3 Å². The van der Waals surface area contributed by atoms with Crippen LogP contribution in [0, 0.1) is 5.82 Å². The lowest BCUT2D eigenvalue weighted by atomic mass is 10.2. The van der Waals surface area contributed by atoms with Gasteiger partial charge in [0.1, 0.15) is 11.3 Å². The number of rotatable bonds is 7. The summed E-state index contributed by atoms with van der Waals surface area (Å²) < 4.78 is 28.6. The molecule has 29 heavy (non-hydrogen) atoms. The van der Waals surface area contributed by atoms with E-state index in [9.17, 15) is 13.4 Å². The number of aromatic nitrogens is 5. The van der Waals surface area contributed by atoms with E-state index in [1.165, 1.54) is 21.1 Å². The highest BCUT2D eigenvalue weighted by Gasteiger charge is 2.25. The average molecular weight is 416 g/mol. The van der Waals surface area contributed by atoms with Crippen molar-refractivity contribution in [3.8, 4) is 0 Å². The van der Waals surface area contributed by atoms with Crippen LogP contribution in [0.2, 0.25) is 0 Å². The fraction of sp³-hybridized carbons (Fsp3) is 0.368. The number of hydrogen-bond acceptors (Lipinski definition) is 6. The summed E-state index contributed by atoms with van der Waals surface area (Å²) in [4.78, 5) is 28.5. The first-order chi connectivity index (χ1) is 13.9. The van der Waals surface area contributed by atoms with E-state index in [0.717, 1.165) is 12.0 Å². The Bertz CT molecular complexity index is 1250. The zero-order valence-electron chi connectivity index (χ0n) is 16.4. The standard InChI is InChI=1S/C19H21FN6O2S/c1-4-10-24(3)18-22-15-14-16(23-17(21-15)29(28)5-2)25(19(27)26(14)18)11-12-6-8-13(20)9-7-12/h6-9H,4-5,10-11H2,1-3H3/t29-/m0/s1. The number of nitrogens with zero attached hydrogens (tertiary/aromatic N) is 6. The Hall–Kier alpha value is -2.88. The van der Waals surface area contributed by atoms with Gasteiger partial charge in [-0.1, -0.05) is 26.0 Å². The van der Waals surface area contributed by atoms with Crippen LogP contribution in [0.3, 0.4) is 0 Å². The molecular weight excluding hydrogens is 395 g/mol. The van der Waals surface area contributed by atoms with Crippen LogP contribution in [0.25, 0.3) is 16.8 Å². The lowest BCUT2D eigenvalue weighted by Gasteiger charge is -2.14. The van der Waals surface area contributed by atoms with Crippen molar-refractivity contribution in [2.75, 3.05) is 24.2 Å². The molecule has 0 radical (unpaired) electrons. The quantitative estimate of drug-likeness (QED) is 0.429. The topological polar surface area (TPSA) is 85.4 Å². The number of halogens is 1. The predicted octanol–water partition coefficient (Wildman–Crippen LogP) is 2.04. The van der Waals surface area contributed by atoms with Gasteiger partial charge in [0.05, 0.1) is 17.3 Å². The SMILES string of the molecule is CCCN(C)c1nc2nc([S@@](=O)CC)nc3c2n1c(=O)n3Cc1ccc(F)cc1. The van der Waals surface area contributed by atoms with Crippen LogP contribution in [0.1, 0.15) is 25.8 Å². The molecule has 152 valence electrons. The maximum atomic E-state index is 13.3. The van der Waals surface area contributed by atoms with E-state index in [1.807, 2.05) is 18.9 Å². The van der Waals surface area contributed by atoms with Gasteiger partial charge >= 0.3 is 5.69 Å². The van der Waals surface area contributed by atoms with Gasteiger partial charge in [0.2, 0.25) is 11.1 Å². The molecule has 0 N–H and O–H groups in total. The smallest absolute Gasteiger partial charge is 0.337 e. The van der Waals surface area contributed by atoms with E-state index < -0.39 is 10.8 Å². The number of imidazole rings is 2. The van der Waals surface area contributed by atoms with Crippen LogP contribution < -0.4 is 10.6 Å². The fourth-order valence-corrected chi connectivity index (χ4v) is 3.99. The maximum absolute atomic E-state index is 13.3. The van der Waals surface area contributed by atoms with Crippen LogP contribution in [-0.4, -0.2) is 47.5 Å². The molecule has 10 heteroatoms. The second-order valence-corrected chi connectivity index (χ2v) is 8.43. The normalized spacial score (nSPS) is 12.8. The van der Waals surface area contributed by atoms with Gasteiger partial charge in [-0.05, 0) is 24.1 Å². The fourth-order valence-electron chi connectivity index (χ4n) is 3.35. The van der Waals surface area contributed by atoms with Crippen LogP contribution in [-0.2, 0) is 17.3 Å². The van der Waals surface area contributed by atoms with Gasteiger partial charge in [-0.25, -0.2) is 18.6 Å². The molecular formula is C19H21FN6O2S. The van der Waals surface area contributed by atoms with Gasteiger partial charge in [0.25, 0.3) is 0 Å². The Morgan fingerprint density at radius 1 is 1.14 bits per heavy atom. The molecule has 1 atom stereocenters. The monoisotopic (exact) mass is 416 g/mol. The maximum Gasteiger partial charge on any atom is 0.337 e. The van der Waals surface area contributed by atoms with Crippen molar-refractivity contribution in [3.63, 3.8) is 0 Å². The zero-order valence-corrected chi connectivity index (χ0v) is 17.2. The first kappa shape index (κ1) is 19.4. The van der Waals surface area contributed by atoms with E-state index in [1.54, 1.807) is 19.1 Å². The molecule has 0 saturated carbocycles. The zero-order chi connectivity index (χ0) is 20.7. The minimum Gasteiger partial charge on any atom is -0.345 e. The van der Waals surface area contributed by atoms with Crippen LogP contribution in [0.4, 0.5) is 10.3 Å². The minimum atomic E-state index is -1.39. The van der Waals surface area contributed by atoms with Crippen molar-refractivity contribution in [1.82, 2.24) is 23.9 Å². The largest absolute Gasteiger partial charge is 0.345 e. The molecule has 3 aromatic heterocycles. The van der Waals surface area contributed by atoms with E-state index in [2.05, 4.69) is 15.0 Å². The van der Waals surface area contributed by atoms with Crippen molar-refractivity contribution < 1.29 is 8.60 Å². The van der Waals surface area contributed by atoms with Gasteiger partial charge in [0, 0.05) is 19.3 Å². The summed E-state index contributed by atoms with van der Waals surface area (Å²) in [5.41, 5.74) is 1.68. The number of anilines is 1. The van der Waals surface area contributed by atoms with Crippen LogP contribution in [0.15, 0.2) is 34.2 Å². The van der Waals surface area contributed by atoms with Crippen molar-refractivity contribution in [1.29, 1.82) is 0 Å². The summed E-state index contributed by atoms with van der Waals surface area (Å²) in [6.45, 7) is 4.75. The molecule has 4 rings (SSSR count). The molecule has 3 heterocycles. The Kier molecular flexibility index (Phi) is 5.03. The summed E-state index contributed by atoms with van der Waals surface area (Å²) in [7, 11) is 0.475. The van der Waals surface area contributed by atoms with Crippen molar-refractivity contribution in [2.45, 2.75) is 32.0 Å². The number of benzene rings is 1. The molecule has 8 nitrogen and oxygen atoms in total. The molecule has 0 aliphatic carbocycles. The third kappa shape index (κ3) is 3.27. The second-order valence-electron chi connectivity index (χ2n) is 6.80. The molecule has 0 aliphatic heterocycles. The first-order valence-electron chi connectivity index (χ1n) is 9.40. The Labute approximate surface area is 168 Å². The lowest BCUT2D eigenvalue weighted by molar-refractivity contribution is 0.626. The lowest BCUT2D eigenvalue weighted by Crippen LogP contribution is -2.27. The van der Waals surface area contributed by atoms with Crippen molar-refractivity contribution >= 4 is 33.6 Å². The molecule has 1 aromatic carbocycles. The van der Waals surface area contributed by atoms with Crippen LogP contribution in [0.5, 0.6) is 0 Å². The molecule has 0 spiro atoms. The van der Waals surface area contributed by atoms with Gasteiger partial charge in [-0.15, -0.1) is 0 Å². The third-order valence-electron chi connectivity index (χ3n) is 4.75. The summed E-state index contributed by atoms with van der Waals surface area (Å²) in [5, 5.41) is 0.156. The third-order valence-corrected chi connectivity index (χ3v) is 5.87. The first-order valence-corrected chi connectivity index (χ1v) is 10.7. The number of hydrogen-bond donors (Lipinski definition) is 0. The van der Waals surface area contributed by atoms with E-state index in [-0.39, 0.29) is 23.2 Å². The molecule has 0 saturated heterocycles. The Morgan fingerprint density at radius 3 is 2.52 bits per heavy atom. The van der Waals surface area contributed by atoms with Crippen LogP contribution >= 0.6 is 0 Å². The Balaban J connectivity index is 1.98. The van der Waals surface area contributed by atoms with Crippen molar-refractivity contribution in [3.05, 3.63) is 46.1 Å². The summed E-state index contributed by atoms with van der Waals surface area (Å²) in [6, 6.07) is 5.96. The molecule has 0 fully saturated rings. The predicted molar refractivity (Wildman–Crippen MR) is 110 cm³/mol. The highest BCUT2D eigenvalue weighted by molar-refractivity contribution is 7.84. The van der Waals surface area contributed by atoms with Gasteiger partial charge < -0.3 is 4.90 Å². The van der Waals surface area contributed by atoms with Gasteiger partial charge in [-0.3, -0.25) is 8.78 Å². The highest BCUT2D eigenvalue weighted by Crippen LogP contribution is 2.24. The minimum absolute atomic E-state index is 0.156. The molecule has 0 unspecified atom stereocenters. The van der Waals surface area contributed by atoms with Crippen molar-refractivity contribution in [2.24, 2.45) is 0 Å². The average Bonchev–Trinajstić information content (AvgIpc) is 3.23.